The van der Waals surface area contributed by atoms with E-state index in [9.17, 15) is 14.3 Å². The summed E-state index contributed by atoms with van der Waals surface area (Å²) in [7, 11) is 0. The Bertz CT molecular complexity index is 735. The Hall–Kier alpha value is -1.92. The zero-order valence-electron chi connectivity index (χ0n) is 13.8. The van der Waals surface area contributed by atoms with Gasteiger partial charge in [-0.1, -0.05) is 0 Å². The highest BCUT2D eigenvalue weighted by molar-refractivity contribution is 5.90. The third-order valence-corrected chi connectivity index (χ3v) is 5.03. The smallest absolute Gasteiger partial charge is 0.227 e. The highest BCUT2D eigenvalue weighted by Gasteiger charge is 2.27. The average Bonchev–Trinajstić information content (AvgIpc) is 2.89. The maximum atomic E-state index is 13.5. The Balaban J connectivity index is 1.70. The molecule has 6 heteroatoms. The topological polar surface area (TPSA) is 76.6 Å². The zero-order valence-corrected chi connectivity index (χ0v) is 13.8. The lowest BCUT2D eigenvalue weighted by molar-refractivity contribution is -0.132. The SMILES string of the molecule is Cc1[nH]c2ccc(F)cc2c1CC(=O)N1CCC(C(O)CO)CC1. The quantitative estimate of drug-likeness (QED) is 0.797. The number of H-pyrrole nitrogens is 1. The minimum absolute atomic E-state index is 0.0141. The van der Waals surface area contributed by atoms with Crippen LogP contribution in [0.5, 0.6) is 0 Å². The molecule has 1 saturated heterocycles. The number of rotatable bonds is 4. The highest BCUT2D eigenvalue weighted by atomic mass is 19.1. The van der Waals surface area contributed by atoms with E-state index in [1.807, 2.05) is 6.92 Å². The second kappa shape index (κ2) is 6.91. The number of benzene rings is 1. The van der Waals surface area contributed by atoms with Crippen LogP contribution in [-0.4, -0.2) is 51.8 Å². The summed E-state index contributed by atoms with van der Waals surface area (Å²) in [6.07, 6.45) is 0.910. The molecule has 1 aromatic carbocycles. The number of carbonyl (C=O) groups excluding carboxylic acids is 1. The molecule has 0 bridgehead atoms. The predicted molar refractivity (Wildman–Crippen MR) is 89.1 cm³/mol. The molecule has 1 aromatic heterocycles. The molecule has 130 valence electrons. The molecule has 5 nitrogen and oxygen atoms in total. The maximum absolute atomic E-state index is 13.5. The van der Waals surface area contributed by atoms with Gasteiger partial charge in [0, 0.05) is 29.7 Å². The third kappa shape index (κ3) is 3.30. The Morgan fingerprint density at radius 3 is 2.79 bits per heavy atom. The third-order valence-electron chi connectivity index (χ3n) is 5.03. The van der Waals surface area contributed by atoms with Crippen molar-refractivity contribution >= 4 is 16.8 Å². The van der Waals surface area contributed by atoms with Crippen molar-refractivity contribution in [2.45, 2.75) is 32.3 Å². The number of aromatic amines is 1. The van der Waals surface area contributed by atoms with Crippen molar-refractivity contribution in [1.82, 2.24) is 9.88 Å². The number of hydrogen-bond donors (Lipinski definition) is 3. The van der Waals surface area contributed by atoms with Gasteiger partial charge in [0.2, 0.25) is 5.91 Å². The largest absolute Gasteiger partial charge is 0.394 e. The maximum Gasteiger partial charge on any atom is 0.227 e. The summed E-state index contributed by atoms with van der Waals surface area (Å²) >= 11 is 0. The predicted octanol–water partition coefficient (Wildman–Crippen LogP) is 1.75. The second-order valence-corrected chi connectivity index (χ2v) is 6.56. The molecular weight excluding hydrogens is 311 g/mol. The Labute approximate surface area is 140 Å². The molecule has 0 aliphatic carbocycles. The number of piperidine rings is 1. The standard InChI is InChI=1S/C18H23FN2O3/c1-11-14(15-8-13(19)2-3-16(15)20-11)9-18(24)21-6-4-12(5-7-21)17(23)10-22/h2-3,8,12,17,20,22-23H,4-7,9-10H2,1H3. The minimum atomic E-state index is -0.707. The summed E-state index contributed by atoms with van der Waals surface area (Å²) in [5.41, 5.74) is 2.56. The van der Waals surface area contributed by atoms with Gasteiger partial charge in [0.05, 0.1) is 19.1 Å². The lowest BCUT2D eigenvalue weighted by atomic mass is 9.91. The number of nitrogens with one attached hydrogen (secondary N) is 1. The van der Waals surface area contributed by atoms with Gasteiger partial charge in [0.15, 0.2) is 0 Å². The van der Waals surface area contributed by atoms with E-state index in [0.29, 0.717) is 25.9 Å². The van der Waals surface area contributed by atoms with Gasteiger partial charge < -0.3 is 20.1 Å². The Morgan fingerprint density at radius 1 is 1.42 bits per heavy atom. The number of likely N-dealkylation sites (tertiary alicyclic amines) is 1. The van der Waals surface area contributed by atoms with Crippen LogP contribution < -0.4 is 0 Å². The summed E-state index contributed by atoms with van der Waals surface area (Å²) in [6, 6.07) is 4.56. The molecule has 0 saturated carbocycles. The van der Waals surface area contributed by atoms with Crippen molar-refractivity contribution in [2.75, 3.05) is 19.7 Å². The molecule has 1 fully saturated rings. The molecule has 0 radical (unpaired) electrons. The van der Waals surface area contributed by atoms with E-state index >= 15 is 0 Å². The first kappa shape index (κ1) is 16.9. The number of aromatic nitrogens is 1. The van der Waals surface area contributed by atoms with Crippen LogP contribution in [0.3, 0.4) is 0 Å². The molecule has 1 amide bonds. The molecule has 0 spiro atoms. The molecule has 1 unspecified atom stereocenters. The molecule has 1 aliphatic heterocycles. The van der Waals surface area contributed by atoms with Crippen LogP contribution in [0.25, 0.3) is 10.9 Å². The van der Waals surface area contributed by atoms with Crippen LogP contribution in [0.4, 0.5) is 4.39 Å². The van der Waals surface area contributed by atoms with Crippen molar-refractivity contribution in [2.24, 2.45) is 5.92 Å². The summed E-state index contributed by atoms with van der Waals surface area (Å²) in [5.74, 6) is -0.253. The Kier molecular flexibility index (Phi) is 4.87. The number of fused-ring (bicyclic) bond motifs is 1. The van der Waals surface area contributed by atoms with Gasteiger partial charge in [-0.25, -0.2) is 4.39 Å². The fourth-order valence-electron chi connectivity index (χ4n) is 3.53. The van der Waals surface area contributed by atoms with E-state index in [1.54, 1.807) is 11.0 Å². The van der Waals surface area contributed by atoms with Gasteiger partial charge in [0.1, 0.15) is 5.82 Å². The van der Waals surface area contributed by atoms with E-state index < -0.39 is 6.10 Å². The number of nitrogens with zero attached hydrogens (tertiary/aromatic N) is 1. The molecule has 2 heterocycles. The summed E-state index contributed by atoms with van der Waals surface area (Å²) in [6.45, 7) is 2.82. The van der Waals surface area contributed by atoms with Crippen molar-refractivity contribution in [3.05, 3.63) is 35.3 Å². The first-order valence-electron chi connectivity index (χ1n) is 8.33. The van der Waals surface area contributed by atoms with Gasteiger partial charge >= 0.3 is 0 Å². The van der Waals surface area contributed by atoms with Gasteiger partial charge in [-0.15, -0.1) is 0 Å². The number of hydrogen-bond acceptors (Lipinski definition) is 3. The van der Waals surface area contributed by atoms with E-state index in [4.69, 9.17) is 5.11 Å². The van der Waals surface area contributed by atoms with Crippen LogP contribution in [0.15, 0.2) is 18.2 Å². The molecule has 3 N–H and O–H groups in total. The molecular formula is C18H23FN2O3. The molecule has 1 aliphatic rings. The zero-order chi connectivity index (χ0) is 17.3. The summed E-state index contributed by atoms with van der Waals surface area (Å²) in [5, 5.41) is 19.5. The summed E-state index contributed by atoms with van der Waals surface area (Å²) in [4.78, 5) is 17.6. The summed E-state index contributed by atoms with van der Waals surface area (Å²) < 4.78 is 13.5. The first-order chi connectivity index (χ1) is 11.5. The van der Waals surface area contributed by atoms with Crippen LogP contribution in [-0.2, 0) is 11.2 Å². The van der Waals surface area contributed by atoms with Gasteiger partial charge in [-0.2, -0.15) is 0 Å². The van der Waals surface area contributed by atoms with Crippen LogP contribution >= 0.6 is 0 Å². The molecule has 1 atom stereocenters. The lowest BCUT2D eigenvalue weighted by Crippen LogP contribution is -2.42. The number of aliphatic hydroxyl groups excluding tert-OH is 2. The van der Waals surface area contributed by atoms with Crippen molar-refractivity contribution in [3.8, 4) is 0 Å². The van der Waals surface area contributed by atoms with Gasteiger partial charge in [0.25, 0.3) is 0 Å². The van der Waals surface area contributed by atoms with Gasteiger partial charge in [-0.05, 0) is 49.4 Å². The van der Waals surface area contributed by atoms with Crippen molar-refractivity contribution in [3.63, 3.8) is 0 Å². The number of aliphatic hydroxyl groups is 2. The normalized spacial score (nSPS) is 17.4. The van der Waals surface area contributed by atoms with E-state index in [-0.39, 0.29) is 30.7 Å². The van der Waals surface area contributed by atoms with E-state index in [1.165, 1.54) is 12.1 Å². The van der Waals surface area contributed by atoms with E-state index in [0.717, 1.165) is 22.2 Å². The van der Waals surface area contributed by atoms with Crippen LogP contribution in [0.1, 0.15) is 24.1 Å². The van der Waals surface area contributed by atoms with Crippen molar-refractivity contribution in [1.29, 1.82) is 0 Å². The lowest BCUT2D eigenvalue weighted by Gasteiger charge is -2.33. The van der Waals surface area contributed by atoms with Crippen LogP contribution in [0, 0.1) is 18.7 Å². The van der Waals surface area contributed by atoms with E-state index in [2.05, 4.69) is 4.98 Å². The average molecular weight is 334 g/mol. The fourth-order valence-corrected chi connectivity index (χ4v) is 3.53. The van der Waals surface area contributed by atoms with Crippen LogP contribution in [0.2, 0.25) is 0 Å². The number of aryl methyl sites for hydroxylation is 1. The Morgan fingerprint density at radius 2 is 2.12 bits per heavy atom. The molecule has 3 rings (SSSR count). The number of amides is 1. The molecule has 24 heavy (non-hydrogen) atoms. The minimum Gasteiger partial charge on any atom is -0.394 e. The number of halogens is 1. The second-order valence-electron chi connectivity index (χ2n) is 6.56. The monoisotopic (exact) mass is 334 g/mol. The fraction of sp³-hybridized carbons (Fsp3) is 0.500. The van der Waals surface area contributed by atoms with Gasteiger partial charge in [-0.3, -0.25) is 4.79 Å². The molecule has 2 aromatic rings. The number of carbonyl (C=O) groups is 1. The van der Waals surface area contributed by atoms with Crippen molar-refractivity contribution < 1.29 is 19.4 Å². The first-order valence-corrected chi connectivity index (χ1v) is 8.33. The highest BCUT2D eigenvalue weighted by Crippen LogP contribution is 2.26.